The highest BCUT2D eigenvalue weighted by Gasteiger charge is 2.08. The second kappa shape index (κ2) is 5.95. The highest BCUT2D eigenvalue weighted by Crippen LogP contribution is 2.22. The number of pyridine rings is 1. The Hall–Kier alpha value is -2.73. The van der Waals surface area contributed by atoms with Crippen LogP contribution in [0.3, 0.4) is 0 Å². The van der Waals surface area contributed by atoms with Crippen LogP contribution in [0.5, 0.6) is 5.75 Å². The van der Waals surface area contributed by atoms with Gasteiger partial charge in [-0.25, -0.2) is 9.97 Å². The molecule has 0 fully saturated rings. The molecular weight excluding hydrogens is 282 g/mol. The van der Waals surface area contributed by atoms with Crippen LogP contribution in [0.15, 0.2) is 47.5 Å². The molecule has 1 N–H and O–H groups in total. The van der Waals surface area contributed by atoms with Gasteiger partial charge in [-0.3, -0.25) is 9.36 Å². The summed E-state index contributed by atoms with van der Waals surface area (Å²) in [6.45, 7) is 0.857. The Morgan fingerprint density at radius 1 is 1.27 bits per heavy atom. The predicted octanol–water partition coefficient (Wildman–Crippen LogP) is 1.81. The van der Waals surface area contributed by atoms with Gasteiger partial charge in [-0.15, -0.1) is 0 Å². The average Bonchev–Trinajstić information content (AvgIpc) is 2.54. The summed E-state index contributed by atoms with van der Waals surface area (Å²) in [6, 6.07) is 10.3. The molecule has 112 valence electrons. The molecule has 0 aliphatic heterocycles. The summed E-state index contributed by atoms with van der Waals surface area (Å²) in [7, 11) is 1.58. The fourth-order valence-corrected chi connectivity index (χ4v) is 2.21. The van der Waals surface area contributed by atoms with Crippen LogP contribution in [0.25, 0.3) is 22.3 Å². The van der Waals surface area contributed by atoms with Crippen molar-refractivity contribution in [1.82, 2.24) is 14.5 Å². The molecule has 0 bridgehead atoms. The number of rotatable bonds is 4. The van der Waals surface area contributed by atoms with Crippen LogP contribution in [-0.4, -0.2) is 33.4 Å². The van der Waals surface area contributed by atoms with Crippen molar-refractivity contribution in [3.63, 3.8) is 0 Å². The molecule has 3 rings (SSSR count). The van der Waals surface area contributed by atoms with E-state index in [0.29, 0.717) is 29.9 Å². The highest BCUT2D eigenvalue weighted by atomic mass is 16.5. The van der Waals surface area contributed by atoms with Gasteiger partial charge in [0.05, 0.1) is 30.7 Å². The van der Waals surface area contributed by atoms with E-state index in [9.17, 15) is 9.90 Å². The lowest BCUT2D eigenvalue weighted by molar-refractivity contribution is 0.186. The molecule has 0 aliphatic carbocycles. The molecule has 0 aliphatic rings. The van der Waals surface area contributed by atoms with Crippen molar-refractivity contribution in [2.24, 2.45) is 0 Å². The lowest BCUT2D eigenvalue weighted by Crippen LogP contribution is -2.23. The topological polar surface area (TPSA) is 77.2 Å². The molecule has 0 saturated heterocycles. The number of methoxy groups -OCH3 is 1. The van der Waals surface area contributed by atoms with E-state index >= 15 is 0 Å². The maximum Gasteiger partial charge on any atom is 0.279 e. The molecule has 0 radical (unpaired) electrons. The number of phenols is 1. The number of aromatic nitrogens is 3. The molecule has 0 saturated carbocycles. The zero-order chi connectivity index (χ0) is 15.5. The Morgan fingerprint density at radius 3 is 2.91 bits per heavy atom. The van der Waals surface area contributed by atoms with Crippen molar-refractivity contribution >= 4 is 11.0 Å². The van der Waals surface area contributed by atoms with Gasteiger partial charge in [0.25, 0.3) is 5.56 Å². The van der Waals surface area contributed by atoms with Crippen molar-refractivity contribution in [1.29, 1.82) is 0 Å². The number of hydrogen-bond donors (Lipinski definition) is 1. The van der Waals surface area contributed by atoms with Gasteiger partial charge in [-0.05, 0) is 24.3 Å². The van der Waals surface area contributed by atoms with E-state index in [1.54, 1.807) is 37.4 Å². The summed E-state index contributed by atoms with van der Waals surface area (Å²) in [5, 5.41) is 9.56. The summed E-state index contributed by atoms with van der Waals surface area (Å²) < 4.78 is 6.46. The second-order valence-electron chi connectivity index (χ2n) is 4.85. The molecule has 0 atom stereocenters. The molecule has 3 aromatic rings. The molecule has 2 aromatic heterocycles. The smallest absolute Gasteiger partial charge is 0.279 e. The first-order valence-electron chi connectivity index (χ1n) is 6.83. The summed E-state index contributed by atoms with van der Waals surface area (Å²) in [4.78, 5) is 21.1. The minimum Gasteiger partial charge on any atom is -0.508 e. The Labute approximate surface area is 126 Å². The van der Waals surface area contributed by atoms with Crippen molar-refractivity contribution in [2.75, 3.05) is 13.7 Å². The van der Waals surface area contributed by atoms with E-state index in [-0.39, 0.29) is 11.3 Å². The third-order valence-corrected chi connectivity index (χ3v) is 3.35. The third-order valence-electron chi connectivity index (χ3n) is 3.35. The first-order chi connectivity index (χ1) is 10.7. The van der Waals surface area contributed by atoms with Gasteiger partial charge in [-0.2, -0.15) is 0 Å². The summed E-state index contributed by atoms with van der Waals surface area (Å²) >= 11 is 0. The van der Waals surface area contributed by atoms with Crippen LogP contribution in [0.2, 0.25) is 0 Å². The van der Waals surface area contributed by atoms with E-state index < -0.39 is 0 Å². The van der Waals surface area contributed by atoms with E-state index in [1.807, 2.05) is 6.07 Å². The monoisotopic (exact) mass is 297 g/mol. The maximum atomic E-state index is 12.4. The number of benzene rings is 1. The van der Waals surface area contributed by atoms with Crippen molar-refractivity contribution in [3.05, 3.63) is 53.1 Å². The van der Waals surface area contributed by atoms with Crippen LogP contribution < -0.4 is 5.56 Å². The first kappa shape index (κ1) is 14.2. The van der Waals surface area contributed by atoms with Gasteiger partial charge in [0, 0.05) is 12.7 Å². The minimum atomic E-state index is -0.205. The van der Waals surface area contributed by atoms with Gasteiger partial charge < -0.3 is 9.84 Å². The molecule has 22 heavy (non-hydrogen) atoms. The van der Waals surface area contributed by atoms with Crippen LogP contribution in [-0.2, 0) is 11.3 Å². The predicted molar refractivity (Wildman–Crippen MR) is 82.8 cm³/mol. The summed E-state index contributed by atoms with van der Waals surface area (Å²) in [6.07, 6.45) is 1.50. The van der Waals surface area contributed by atoms with Crippen LogP contribution >= 0.6 is 0 Å². The normalized spacial score (nSPS) is 11.0. The molecule has 6 heteroatoms. The molecule has 2 heterocycles. The van der Waals surface area contributed by atoms with Gasteiger partial charge in [-0.1, -0.05) is 12.1 Å². The number of fused-ring (bicyclic) bond motifs is 1. The van der Waals surface area contributed by atoms with Gasteiger partial charge >= 0.3 is 0 Å². The number of ether oxygens (including phenoxy) is 1. The lowest BCUT2D eigenvalue weighted by atomic mass is 10.1. The molecular formula is C16H15N3O3. The quantitative estimate of drug-likeness (QED) is 0.794. The zero-order valence-corrected chi connectivity index (χ0v) is 12.1. The molecule has 0 spiro atoms. The van der Waals surface area contributed by atoms with E-state index in [2.05, 4.69) is 9.97 Å². The van der Waals surface area contributed by atoms with Crippen molar-refractivity contribution in [2.45, 2.75) is 6.54 Å². The maximum absolute atomic E-state index is 12.4. The minimum absolute atomic E-state index is 0.156. The molecule has 0 amide bonds. The fourth-order valence-electron chi connectivity index (χ4n) is 2.21. The van der Waals surface area contributed by atoms with E-state index in [4.69, 9.17) is 4.74 Å². The Balaban J connectivity index is 2.11. The number of nitrogens with zero attached hydrogens (tertiary/aromatic N) is 3. The van der Waals surface area contributed by atoms with Crippen molar-refractivity contribution < 1.29 is 9.84 Å². The van der Waals surface area contributed by atoms with Crippen LogP contribution in [0.1, 0.15) is 0 Å². The first-order valence-corrected chi connectivity index (χ1v) is 6.83. The van der Waals surface area contributed by atoms with E-state index in [0.717, 1.165) is 5.56 Å². The highest BCUT2D eigenvalue weighted by molar-refractivity contribution is 5.77. The number of phenolic OH excluding ortho intramolecular Hbond substituents is 1. The largest absolute Gasteiger partial charge is 0.508 e. The fraction of sp³-hybridized carbons (Fsp3) is 0.188. The SMILES string of the molecule is COCCn1cnc2ccc(-c3cccc(O)c3)nc2c1=O. The number of hydrogen-bond acceptors (Lipinski definition) is 5. The van der Waals surface area contributed by atoms with Gasteiger partial charge in [0.1, 0.15) is 5.75 Å². The van der Waals surface area contributed by atoms with Crippen molar-refractivity contribution in [3.8, 4) is 17.0 Å². The average molecular weight is 297 g/mol. The summed E-state index contributed by atoms with van der Waals surface area (Å²) in [5.41, 5.74) is 2.01. The van der Waals surface area contributed by atoms with Crippen LogP contribution in [0, 0.1) is 0 Å². The zero-order valence-electron chi connectivity index (χ0n) is 12.1. The Bertz CT molecular complexity index is 874. The second-order valence-corrected chi connectivity index (χ2v) is 4.85. The Kier molecular flexibility index (Phi) is 3.84. The number of aromatic hydroxyl groups is 1. The molecule has 6 nitrogen and oxygen atoms in total. The molecule has 1 aromatic carbocycles. The van der Waals surface area contributed by atoms with Gasteiger partial charge in [0.15, 0.2) is 5.52 Å². The van der Waals surface area contributed by atoms with Crippen LogP contribution in [0.4, 0.5) is 0 Å². The van der Waals surface area contributed by atoms with Gasteiger partial charge in [0.2, 0.25) is 0 Å². The Morgan fingerprint density at radius 2 is 2.14 bits per heavy atom. The van der Waals surface area contributed by atoms with E-state index in [1.165, 1.54) is 10.9 Å². The lowest BCUT2D eigenvalue weighted by Gasteiger charge is -2.07. The molecule has 0 unspecified atom stereocenters. The standard InChI is InChI=1S/C16H15N3O3/c1-22-8-7-19-10-17-14-6-5-13(18-15(14)16(19)21)11-3-2-4-12(20)9-11/h2-6,9-10,20H,7-8H2,1H3. The summed E-state index contributed by atoms with van der Waals surface area (Å²) in [5.74, 6) is 0.156. The third kappa shape index (κ3) is 2.68.